The average molecular weight is 320 g/mol. The van der Waals surface area contributed by atoms with Gasteiger partial charge in [0.1, 0.15) is 5.82 Å². The number of aromatic nitrogens is 1. The molecule has 0 saturated heterocycles. The van der Waals surface area contributed by atoms with Gasteiger partial charge in [-0.25, -0.2) is 4.39 Å². The molecule has 0 aliphatic heterocycles. The van der Waals surface area contributed by atoms with Gasteiger partial charge in [-0.3, -0.25) is 9.78 Å². The van der Waals surface area contributed by atoms with E-state index in [-0.39, 0.29) is 11.7 Å². The monoisotopic (exact) mass is 320 g/mol. The van der Waals surface area contributed by atoms with Crippen LogP contribution in [0.25, 0.3) is 11.3 Å². The van der Waals surface area contributed by atoms with Gasteiger partial charge in [-0.1, -0.05) is 42.5 Å². The van der Waals surface area contributed by atoms with Crippen LogP contribution in [0.4, 0.5) is 4.39 Å². The van der Waals surface area contributed by atoms with Crippen molar-refractivity contribution in [1.29, 1.82) is 0 Å². The molecule has 1 N–H and O–H groups in total. The van der Waals surface area contributed by atoms with Gasteiger partial charge in [0.25, 0.3) is 5.91 Å². The molecule has 24 heavy (non-hydrogen) atoms. The first kappa shape index (κ1) is 15.9. The van der Waals surface area contributed by atoms with Crippen molar-refractivity contribution in [3.63, 3.8) is 0 Å². The van der Waals surface area contributed by atoms with Crippen LogP contribution < -0.4 is 5.32 Å². The summed E-state index contributed by atoms with van der Waals surface area (Å²) in [7, 11) is 0. The van der Waals surface area contributed by atoms with E-state index in [1.807, 2.05) is 42.5 Å². The molecule has 0 radical (unpaired) electrons. The number of carbonyl (C=O) groups excluding carboxylic acids is 1. The normalized spacial score (nSPS) is 10.4. The molecule has 3 rings (SSSR count). The van der Waals surface area contributed by atoms with Crippen molar-refractivity contribution in [2.75, 3.05) is 0 Å². The van der Waals surface area contributed by atoms with Gasteiger partial charge in [0.05, 0.1) is 5.69 Å². The number of aryl methyl sites for hydroxylation is 1. The van der Waals surface area contributed by atoms with Crippen molar-refractivity contribution in [3.05, 3.63) is 89.4 Å². The third-order valence-corrected chi connectivity index (χ3v) is 3.81. The molecule has 0 fully saturated rings. The Balaban J connectivity index is 1.77. The molecule has 0 saturated carbocycles. The molecule has 2 aromatic carbocycles. The second kappa shape index (κ2) is 7.04. The number of hydrogen-bond donors (Lipinski definition) is 1. The summed E-state index contributed by atoms with van der Waals surface area (Å²) >= 11 is 0. The van der Waals surface area contributed by atoms with E-state index in [0.29, 0.717) is 17.7 Å². The van der Waals surface area contributed by atoms with Crippen LogP contribution in [0, 0.1) is 12.7 Å². The maximum absolute atomic E-state index is 13.6. The minimum Gasteiger partial charge on any atom is -0.348 e. The van der Waals surface area contributed by atoms with Crippen molar-refractivity contribution >= 4 is 5.91 Å². The predicted octanol–water partition coefficient (Wildman–Crippen LogP) is 4.13. The summed E-state index contributed by atoms with van der Waals surface area (Å²) in [4.78, 5) is 16.6. The summed E-state index contributed by atoms with van der Waals surface area (Å²) in [6, 6.07) is 18.0. The summed E-state index contributed by atoms with van der Waals surface area (Å²) in [5.41, 5.74) is 3.55. The number of benzene rings is 2. The fraction of sp³-hybridized carbons (Fsp3) is 0.100. The van der Waals surface area contributed by atoms with Gasteiger partial charge in [-0.15, -0.1) is 0 Å². The van der Waals surface area contributed by atoms with Crippen LogP contribution in [0.3, 0.4) is 0 Å². The van der Waals surface area contributed by atoms with Crippen molar-refractivity contribution in [2.45, 2.75) is 13.5 Å². The second-order valence-electron chi connectivity index (χ2n) is 5.52. The van der Waals surface area contributed by atoms with Gasteiger partial charge in [0.15, 0.2) is 0 Å². The van der Waals surface area contributed by atoms with Crippen LogP contribution >= 0.6 is 0 Å². The summed E-state index contributed by atoms with van der Waals surface area (Å²) in [6.07, 6.45) is 1.73. The zero-order chi connectivity index (χ0) is 16.9. The Labute approximate surface area is 140 Å². The van der Waals surface area contributed by atoms with Crippen molar-refractivity contribution < 1.29 is 9.18 Å². The lowest BCUT2D eigenvalue weighted by molar-refractivity contribution is 0.0950. The molecule has 3 nitrogen and oxygen atoms in total. The Bertz CT molecular complexity index is 863. The van der Waals surface area contributed by atoms with Crippen LogP contribution in [0.1, 0.15) is 21.5 Å². The molecule has 0 unspecified atom stereocenters. The predicted molar refractivity (Wildman–Crippen MR) is 92.0 cm³/mol. The maximum atomic E-state index is 13.6. The zero-order valence-corrected chi connectivity index (χ0v) is 13.3. The molecule has 1 aromatic heterocycles. The second-order valence-corrected chi connectivity index (χ2v) is 5.52. The van der Waals surface area contributed by atoms with Gasteiger partial charge in [0.2, 0.25) is 0 Å². The molecule has 0 bridgehead atoms. The van der Waals surface area contributed by atoms with Crippen LogP contribution in [-0.2, 0) is 6.54 Å². The average Bonchev–Trinajstić information content (AvgIpc) is 2.63. The Hall–Kier alpha value is -3.01. The molecule has 1 amide bonds. The van der Waals surface area contributed by atoms with E-state index in [0.717, 1.165) is 16.8 Å². The van der Waals surface area contributed by atoms with E-state index in [2.05, 4.69) is 10.3 Å². The molecule has 120 valence electrons. The van der Waals surface area contributed by atoms with E-state index in [1.165, 1.54) is 6.07 Å². The molecule has 0 atom stereocenters. The zero-order valence-electron chi connectivity index (χ0n) is 13.3. The number of carbonyl (C=O) groups is 1. The Kier molecular flexibility index (Phi) is 4.66. The van der Waals surface area contributed by atoms with Gasteiger partial charge >= 0.3 is 0 Å². The van der Waals surface area contributed by atoms with Crippen LogP contribution in [0.2, 0.25) is 0 Å². The first-order chi connectivity index (χ1) is 11.6. The summed E-state index contributed by atoms with van der Waals surface area (Å²) in [6.45, 7) is 1.99. The van der Waals surface area contributed by atoms with Gasteiger partial charge in [0, 0.05) is 23.9 Å². The van der Waals surface area contributed by atoms with E-state index in [4.69, 9.17) is 0 Å². The molecule has 0 aliphatic rings. The van der Waals surface area contributed by atoms with Crippen LogP contribution in [0.15, 0.2) is 66.9 Å². The minimum atomic E-state index is -0.381. The van der Waals surface area contributed by atoms with E-state index in [1.54, 1.807) is 25.3 Å². The third-order valence-electron chi connectivity index (χ3n) is 3.81. The lowest BCUT2D eigenvalue weighted by atomic mass is 10.1. The smallest absolute Gasteiger partial charge is 0.251 e. The van der Waals surface area contributed by atoms with Gasteiger partial charge in [-0.05, 0) is 36.2 Å². The standard InChI is InChI=1S/C20H17FN2O/c1-14-9-10-16(12-18(14)21)20(24)23-13-17-8-5-11-22-19(17)15-6-3-2-4-7-15/h2-12H,13H2,1H3,(H,23,24). The number of halogens is 1. The number of nitrogens with one attached hydrogen (secondary N) is 1. The molecule has 0 spiro atoms. The molecule has 3 aromatic rings. The summed E-state index contributed by atoms with van der Waals surface area (Å²) < 4.78 is 13.6. The highest BCUT2D eigenvalue weighted by Crippen LogP contribution is 2.20. The van der Waals surface area contributed by atoms with E-state index < -0.39 is 0 Å². The number of amides is 1. The van der Waals surface area contributed by atoms with E-state index >= 15 is 0 Å². The highest BCUT2D eigenvalue weighted by atomic mass is 19.1. The minimum absolute atomic E-state index is 0.309. The largest absolute Gasteiger partial charge is 0.348 e. The first-order valence-corrected chi connectivity index (χ1v) is 7.69. The van der Waals surface area contributed by atoms with Crippen LogP contribution in [-0.4, -0.2) is 10.9 Å². The SMILES string of the molecule is Cc1ccc(C(=O)NCc2cccnc2-c2ccccc2)cc1F. The Morgan fingerprint density at radius 1 is 1.08 bits per heavy atom. The molecular formula is C20H17FN2O. The Morgan fingerprint density at radius 2 is 1.88 bits per heavy atom. The number of rotatable bonds is 4. The number of pyridine rings is 1. The maximum Gasteiger partial charge on any atom is 0.251 e. The highest BCUT2D eigenvalue weighted by molar-refractivity contribution is 5.94. The van der Waals surface area contributed by atoms with Crippen molar-refractivity contribution in [1.82, 2.24) is 10.3 Å². The fourth-order valence-corrected chi connectivity index (χ4v) is 2.45. The Morgan fingerprint density at radius 3 is 2.62 bits per heavy atom. The molecular weight excluding hydrogens is 303 g/mol. The number of nitrogens with zero attached hydrogens (tertiary/aromatic N) is 1. The van der Waals surface area contributed by atoms with Crippen molar-refractivity contribution in [2.24, 2.45) is 0 Å². The third kappa shape index (κ3) is 3.49. The molecule has 4 heteroatoms. The highest BCUT2D eigenvalue weighted by Gasteiger charge is 2.10. The number of hydrogen-bond acceptors (Lipinski definition) is 2. The van der Waals surface area contributed by atoms with Crippen molar-refractivity contribution in [3.8, 4) is 11.3 Å². The van der Waals surface area contributed by atoms with Gasteiger partial charge < -0.3 is 5.32 Å². The van der Waals surface area contributed by atoms with Gasteiger partial charge in [-0.2, -0.15) is 0 Å². The molecule has 0 aliphatic carbocycles. The summed E-state index contributed by atoms with van der Waals surface area (Å²) in [5.74, 6) is -0.689. The topological polar surface area (TPSA) is 42.0 Å². The van der Waals surface area contributed by atoms with E-state index in [9.17, 15) is 9.18 Å². The molecule has 1 heterocycles. The van der Waals surface area contributed by atoms with Crippen LogP contribution in [0.5, 0.6) is 0 Å². The summed E-state index contributed by atoms with van der Waals surface area (Å²) in [5, 5.41) is 2.83. The lowest BCUT2D eigenvalue weighted by Gasteiger charge is -2.10. The fourth-order valence-electron chi connectivity index (χ4n) is 2.45. The quantitative estimate of drug-likeness (QED) is 0.785. The first-order valence-electron chi connectivity index (χ1n) is 7.69. The lowest BCUT2D eigenvalue weighted by Crippen LogP contribution is -2.23.